The lowest BCUT2D eigenvalue weighted by molar-refractivity contribution is 0.676. The summed E-state index contributed by atoms with van der Waals surface area (Å²) in [7, 11) is 0. The van der Waals surface area contributed by atoms with Gasteiger partial charge >= 0.3 is 0 Å². The normalized spacial score (nSPS) is 11.3. The third kappa shape index (κ3) is 3.32. The summed E-state index contributed by atoms with van der Waals surface area (Å²) in [4.78, 5) is 4.67. The van der Waals surface area contributed by atoms with Gasteiger partial charge in [-0.25, -0.2) is 4.98 Å². The molecule has 0 saturated heterocycles. The maximum atomic E-state index is 4.67. The van der Waals surface area contributed by atoms with Gasteiger partial charge in [0, 0.05) is 35.9 Å². The fourth-order valence-corrected chi connectivity index (χ4v) is 3.37. The second-order valence-electron chi connectivity index (χ2n) is 7.04. The minimum atomic E-state index is 0.638. The van der Waals surface area contributed by atoms with Crippen LogP contribution in [-0.4, -0.2) is 28.9 Å². The van der Waals surface area contributed by atoms with Crippen molar-refractivity contribution in [2.45, 2.75) is 20.0 Å². The van der Waals surface area contributed by atoms with E-state index in [1.54, 1.807) is 0 Å². The maximum Gasteiger partial charge on any atom is 0.137 e. The van der Waals surface area contributed by atoms with Crippen molar-refractivity contribution in [3.8, 4) is 11.1 Å². The Balaban J connectivity index is 1.33. The molecule has 28 heavy (non-hydrogen) atoms. The van der Waals surface area contributed by atoms with Gasteiger partial charge in [-0.15, -0.1) is 0 Å². The van der Waals surface area contributed by atoms with E-state index >= 15 is 0 Å². The van der Waals surface area contributed by atoms with Crippen molar-refractivity contribution in [2.24, 2.45) is 0 Å². The molecule has 0 fully saturated rings. The fraction of sp³-hybridized carbons (Fsp3) is 0.136. The first kappa shape index (κ1) is 16.5. The molecular formula is C22H20N6. The van der Waals surface area contributed by atoms with E-state index < -0.39 is 0 Å². The van der Waals surface area contributed by atoms with Crippen LogP contribution in [0.5, 0.6) is 0 Å². The van der Waals surface area contributed by atoms with E-state index in [1.165, 1.54) is 11.1 Å². The predicted molar refractivity (Wildman–Crippen MR) is 108 cm³/mol. The van der Waals surface area contributed by atoms with Crippen molar-refractivity contribution >= 4 is 5.65 Å². The molecular weight excluding hydrogens is 348 g/mol. The Hall–Kier alpha value is -3.67. The second kappa shape index (κ2) is 6.81. The zero-order valence-electron chi connectivity index (χ0n) is 15.6. The largest absolute Gasteiger partial charge is 0.306 e. The fourth-order valence-electron chi connectivity index (χ4n) is 3.37. The molecule has 0 bridgehead atoms. The van der Waals surface area contributed by atoms with Crippen molar-refractivity contribution in [1.82, 2.24) is 28.9 Å². The Morgan fingerprint density at radius 2 is 1.46 bits per heavy atom. The number of benzene rings is 1. The van der Waals surface area contributed by atoms with Gasteiger partial charge in [-0.2, -0.15) is 10.2 Å². The predicted octanol–water partition coefficient (Wildman–Crippen LogP) is 3.80. The van der Waals surface area contributed by atoms with Crippen LogP contribution < -0.4 is 0 Å². The number of rotatable bonds is 5. The zero-order chi connectivity index (χ0) is 18.9. The standard InChI is InChI=1S/C22H20N6/c1-17-7-8-22-25-21(15-26(22)11-17)16-28-14-20(10-24-28)19-9-23-27(13-19)12-18-5-3-2-4-6-18/h2-11,13-15H,12,16H2,1H3. The lowest BCUT2D eigenvalue weighted by atomic mass is 10.2. The number of aryl methyl sites for hydroxylation is 1. The van der Waals surface area contributed by atoms with Crippen molar-refractivity contribution in [1.29, 1.82) is 0 Å². The molecule has 0 unspecified atom stereocenters. The zero-order valence-corrected chi connectivity index (χ0v) is 15.6. The molecule has 0 aliphatic rings. The van der Waals surface area contributed by atoms with Crippen LogP contribution in [0.4, 0.5) is 0 Å². The highest BCUT2D eigenvalue weighted by molar-refractivity contribution is 5.59. The summed E-state index contributed by atoms with van der Waals surface area (Å²) in [6.45, 7) is 3.48. The van der Waals surface area contributed by atoms with Crippen LogP contribution in [0.25, 0.3) is 16.8 Å². The van der Waals surface area contributed by atoms with Gasteiger partial charge in [0.2, 0.25) is 0 Å². The Bertz CT molecular complexity index is 1230. The van der Waals surface area contributed by atoms with E-state index in [9.17, 15) is 0 Å². The molecule has 0 spiro atoms. The number of nitrogens with zero attached hydrogens (tertiary/aromatic N) is 6. The average molecular weight is 368 g/mol. The number of hydrogen-bond donors (Lipinski definition) is 0. The molecule has 1 aromatic carbocycles. The van der Waals surface area contributed by atoms with Gasteiger partial charge in [0.1, 0.15) is 5.65 Å². The Morgan fingerprint density at radius 1 is 0.750 bits per heavy atom. The van der Waals surface area contributed by atoms with E-state index in [1.807, 2.05) is 52.2 Å². The first-order chi connectivity index (χ1) is 13.7. The SMILES string of the molecule is Cc1ccc2nc(Cn3cc(-c4cnn(Cc5ccccc5)c4)cn3)cn2c1. The molecule has 6 heteroatoms. The third-order valence-electron chi connectivity index (χ3n) is 4.76. The summed E-state index contributed by atoms with van der Waals surface area (Å²) in [5, 5.41) is 8.98. The molecule has 0 radical (unpaired) electrons. The summed E-state index contributed by atoms with van der Waals surface area (Å²) in [5.74, 6) is 0. The average Bonchev–Trinajstić information content (AvgIpc) is 3.42. The smallest absolute Gasteiger partial charge is 0.137 e. The molecule has 0 aliphatic carbocycles. The van der Waals surface area contributed by atoms with Crippen molar-refractivity contribution in [3.05, 3.63) is 96.5 Å². The lowest BCUT2D eigenvalue weighted by Gasteiger charge is -2.00. The van der Waals surface area contributed by atoms with Gasteiger partial charge in [-0.3, -0.25) is 9.36 Å². The third-order valence-corrected chi connectivity index (χ3v) is 4.76. The Kier molecular flexibility index (Phi) is 4.01. The monoisotopic (exact) mass is 368 g/mol. The summed E-state index contributed by atoms with van der Waals surface area (Å²) in [6.07, 6.45) is 12.0. The molecule has 0 N–H and O–H groups in total. The molecule has 5 aromatic rings. The molecule has 0 saturated carbocycles. The van der Waals surface area contributed by atoms with E-state index in [0.717, 1.165) is 29.0 Å². The van der Waals surface area contributed by atoms with Crippen LogP contribution >= 0.6 is 0 Å². The van der Waals surface area contributed by atoms with Gasteiger partial charge in [-0.05, 0) is 24.1 Å². The number of pyridine rings is 1. The van der Waals surface area contributed by atoms with E-state index in [2.05, 4.69) is 63.3 Å². The molecule has 138 valence electrons. The summed E-state index contributed by atoms with van der Waals surface area (Å²) >= 11 is 0. The lowest BCUT2D eigenvalue weighted by Crippen LogP contribution is -1.99. The molecule has 4 aromatic heterocycles. The van der Waals surface area contributed by atoms with Gasteiger partial charge in [-0.1, -0.05) is 36.4 Å². The van der Waals surface area contributed by atoms with Crippen LogP contribution in [0.2, 0.25) is 0 Å². The highest BCUT2D eigenvalue weighted by atomic mass is 15.3. The number of imidazole rings is 1. The highest BCUT2D eigenvalue weighted by Gasteiger charge is 2.08. The number of hydrogen-bond acceptors (Lipinski definition) is 3. The van der Waals surface area contributed by atoms with E-state index in [-0.39, 0.29) is 0 Å². The minimum absolute atomic E-state index is 0.638. The quantitative estimate of drug-likeness (QED) is 0.474. The van der Waals surface area contributed by atoms with Crippen LogP contribution in [0.3, 0.4) is 0 Å². The summed E-state index contributed by atoms with van der Waals surface area (Å²) < 4.78 is 5.92. The molecule has 0 atom stereocenters. The second-order valence-corrected chi connectivity index (χ2v) is 7.04. The Morgan fingerprint density at radius 3 is 2.21 bits per heavy atom. The topological polar surface area (TPSA) is 52.9 Å². The van der Waals surface area contributed by atoms with Gasteiger partial charge < -0.3 is 4.40 Å². The number of fused-ring (bicyclic) bond motifs is 1. The first-order valence-corrected chi connectivity index (χ1v) is 9.26. The van der Waals surface area contributed by atoms with Gasteiger partial charge in [0.25, 0.3) is 0 Å². The van der Waals surface area contributed by atoms with Crippen molar-refractivity contribution < 1.29 is 0 Å². The first-order valence-electron chi connectivity index (χ1n) is 9.26. The maximum absolute atomic E-state index is 4.67. The molecule has 0 amide bonds. The summed E-state index contributed by atoms with van der Waals surface area (Å²) in [5.41, 5.74) is 6.50. The van der Waals surface area contributed by atoms with Crippen LogP contribution in [0.1, 0.15) is 16.8 Å². The van der Waals surface area contributed by atoms with E-state index in [0.29, 0.717) is 6.54 Å². The summed E-state index contributed by atoms with van der Waals surface area (Å²) in [6, 6.07) is 14.4. The molecule has 4 heterocycles. The number of aromatic nitrogens is 6. The van der Waals surface area contributed by atoms with Gasteiger partial charge in [0.05, 0.1) is 31.2 Å². The van der Waals surface area contributed by atoms with Crippen LogP contribution in [0.15, 0.2) is 79.6 Å². The minimum Gasteiger partial charge on any atom is -0.306 e. The van der Waals surface area contributed by atoms with E-state index in [4.69, 9.17) is 0 Å². The Labute approximate surface area is 162 Å². The molecule has 6 nitrogen and oxygen atoms in total. The molecule has 5 rings (SSSR count). The molecule has 0 aliphatic heterocycles. The highest BCUT2D eigenvalue weighted by Crippen LogP contribution is 2.19. The van der Waals surface area contributed by atoms with Crippen LogP contribution in [-0.2, 0) is 13.1 Å². The van der Waals surface area contributed by atoms with Crippen LogP contribution in [0, 0.1) is 6.92 Å². The van der Waals surface area contributed by atoms with Crippen molar-refractivity contribution in [3.63, 3.8) is 0 Å². The van der Waals surface area contributed by atoms with Gasteiger partial charge in [0.15, 0.2) is 0 Å². The van der Waals surface area contributed by atoms with Crippen molar-refractivity contribution in [2.75, 3.05) is 0 Å².